The Hall–Kier alpha value is -2.90. The molecule has 0 spiro atoms. The highest BCUT2D eigenvalue weighted by Crippen LogP contribution is 2.24. The third-order valence-electron chi connectivity index (χ3n) is 5.78. The summed E-state index contributed by atoms with van der Waals surface area (Å²) in [7, 11) is -1.86. The van der Waals surface area contributed by atoms with Crippen molar-refractivity contribution in [2.45, 2.75) is 30.7 Å². The molecule has 2 aromatic carbocycles. The predicted molar refractivity (Wildman–Crippen MR) is 121 cm³/mol. The number of aryl methyl sites for hydroxylation is 1. The summed E-state index contributed by atoms with van der Waals surface area (Å²) in [5.74, 6) is -0.301. The number of nitrogens with zero attached hydrogens (tertiary/aromatic N) is 2. The summed E-state index contributed by atoms with van der Waals surface area (Å²) < 4.78 is 28.7. The van der Waals surface area contributed by atoms with E-state index in [0.717, 1.165) is 29.5 Å². The van der Waals surface area contributed by atoms with Crippen LogP contribution in [-0.2, 0) is 17.1 Å². The molecule has 4 rings (SSSR count). The Morgan fingerprint density at radius 1 is 0.968 bits per heavy atom. The van der Waals surface area contributed by atoms with Gasteiger partial charge in [-0.25, -0.2) is 8.42 Å². The molecule has 3 aromatic rings. The van der Waals surface area contributed by atoms with Gasteiger partial charge in [0.2, 0.25) is 10.0 Å². The molecule has 7 heteroatoms. The molecule has 2 heterocycles. The van der Waals surface area contributed by atoms with Crippen LogP contribution in [0.5, 0.6) is 0 Å². The molecule has 1 aliphatic rings. The van der Waals surface area contributed by atoms with E-state index in [2.05, 4.69) is 17.4 Å². The summed E-state index contributed by atoms with van der Waals surface area (Å²) in [4.78, 5) is 13.0. The van der Waals surface area contributed by atoms with Gasteiger partial charge in [0.1, 0.15) is 10.6 Å². The molecule has 0 radical (unpaired) electrons. The molecule has 1 aromatic heterocycles. The third-order valence-corrected chi connectivity index (χ3v) is 7.64. The van der Waals surface area contributed by atoms with Gasteiger partial charge in [0, 0.05) is 26.3 Å². The van der Waals surface area contributed by atoms with Crippen LogP contribution in [0.25, 0.3) is 11.1 Å². The lowest BCUT2D eigenvalue weighted by molar-refractivity contribution is 0.0931. The van der Waals surface area contributed by atoms with E-state index in [4.69, 9.17) is 0 Å². The van der Waals surface area contributed by atoms with E-state index in [1.807, 2.05) is 49.4 Å². The van der Waals surface area contributed by atoms with Gasteiger partial charge in [-0.05, 0) is 42.5 Å². The first-order valence-corrected chi connectivity index (χ1v) is 11.9. The van der Waals surface area contributed by atoms with E-state index >= 15 is 0 Å². The molecule has 1 fully saturated rings. The van der Waals surface area contributed by atoms with Crippen LogP contribution in [0.2, 0.25) is 0 Å². The van der Waals surface area contributed by atoms with E-state index in [9.17, 15) is 13.2 Å². The summed E-state index contributed by atoms with van der Waals surface area (Å²) in [5.41, 5.74) is 3.56. The number of sulfonamides is 1. The number of nitrogens with one attached hydrogen (secondary N) is 1. The summed E-state index contributed by atoms with van der Waals surface area (Å²) in [6, 6.07) is 19.4. The SMILES string of the molecule is CC(NC(=O)c1cc(S(=O)(=O)N2CCCC2)cn1C)c1ccc(-c2ccccc2)cc1. The fraction of sp³-hybridized carbons (Fsp3) is 0.292. The average Bonchev–Trinajstić information content (AvgIpc) is 3.45. The second-order valence-corrected chi connectivity index (χ2v) is 9.90. The minimum absolute atomic E-state index is 0.168. The first-order valence-electron chi connectivity index (χ1n) is 10.5. The normalized spacial score (nSPS) is 15.7. The van der Waals surface area contributed by atoms with E-state index in [1.165, 1.54) is 16.6 Å². The second kappa shape index (κ2) is 8.69. The zero-order valence-corrected chi connectivity index (χ0v) is 18.6. The van der Waals surface area contributed by atoms with E-state index in [-0.39, 0.29) is 16.8 Å². The highest BCUT2D eigenvalue weighted by atomic mass is 32.2. The summed E-state index contributed by atoms with van der Waals surface area (Å²) >= 11 is 0. The highest BCUT2D eigenvalue weighted by molar-refractivity contribution is 7.89. The predicted octanol–water partition coefficient (Wildman–Crippen LogP) is 3.97. The first-order chi connectivity index (χ1) is 14.9. The van der Waals surface area contributed by atoms with Crippen molar-refractivity contribution < 1.29 is 13.2 Å². The number of hydrogen-bond donors (Lipinski definition) is 1. The topological polar surface area (TPSA) is 71.4 Å². The number of aromatic nitrogens is 1. The van der Waals surface area contributed by atoms with Crippen molar-refractivity contribution in [3.63, 3.8) is 0 Å². The van der Waals surface area contributed by atoms with Crippen LogP contribution in [0, 0.1) is 0 Å². The van der Waals surface area contributed by atoms with Crippen LogP contribution < -0.4 is 5.32 Å². The molecule has 6 nitrogen and oxygen atoms in total. The van der Waals surface area contributed by atoms with Crippen molar-refractivity contribution in [1.29, 1.82) is 0 Å². The fourth-order valence-corrected chi connectivity index (χ4v) is 5.52. The average molecular weight is 438 g/mol. The van der Waals surface area contributed by atoms with Crippen LogP contribution in [0.3, 0.4) is 0 Å². The molecule has 1 atom stereocenters. The van der Waals surface area contributed by atoms with Crippen LogP contribution in [0.1, 0.15) is 41.9 Å². The van der Waals surface area contributed by atoms with E-state index in [1.54, 1.807) is 11.6 Å². The Labute approximate surface area is 183 Å². The lowest BCUT2D eigenvalue weighted by Crippen LogP contribution is -2.28. The minimum atomic E-state index is -3.55. The number of carbonyl (C=O) groups is 1. The molecule has 1 aliphatic heterocycles. The van der Waals surface area contributed by atoms with Crippen LogP contribution in [-0.4, -0.2) is 36.3 Å². The number of amides is 1. The van der Waals surface area contributed by atoms with Gasteiger partial charge in [-0.3, -0.25) is 4.79 Å². The van der Waals surface area contributed by atoms with Crippen molar-refractivity contribution in [3.05, 3.63) is 78.1 Å². The van der Waals surface area contributed by atoms with Crippen molar-refractivity contribution in [2.24, 2.45) is 7.05 Å². The molecule has 1 unspecified atom stereocenters. The van der Waals surface area contributed by atoms with Crippen LogP contribution >= 0.6 is 0 Å². The molecule has 0 saturated carbocycles. The van der Waals surface area contributed by atoms with E-state index in [0.29, 0.717) is 18.8 Å². The fourth-order valence-electron chi connectivity index (χ4n) is 3.93. The van der Waals surface area contributed by atoms with Gasteiger partial charge in [0.15, 0.2) is 0 Å². The smallest absolute Gasteiger partial charge is 0.268 e. The summed E-state index contributed by atoms with van der Waals surface area (Å²) in [6.45, 7) is 2.99. The van der Waals surface area contributed by atoms with Crippen LogP contribution in [0.4, 0.5) is 0 Å². The Kier molecular flexibility index (Phi) is 5.98. The van der Waals surface area contributed by atoms with Gasteiger partial charge in [-0.15, -0.1) is 0 Å². The largest absolute Gasteiger partial charge is 0.345 e. The van der Waals surface area contributed by atoms with Crippen LogP contribution in [0.15, 0.2) is 71.8 Å². The van der Waals surface area contributed by atoms with Crippen molar-refractivity contribution >= 4 is 15.9 Å². The summed E-state index contributed by atoms with van der Waals surface area (Å²) in [6.07, 6.45) is 3.27. The lowest BCUT2D eigenvalue weighted by Gasteiger charge is -2.15. The Balaban J connectivity index is 1.47. The second-order valence-electron chi connectivity index (χ2n) is 7.97. The number of rotatable bonds is 6. The van der Waals surface area contributed by atoms with Crippen molar-refractivity contribution in [2.75, 3.05) is 13.1 Å². The maximum Gasteiger partial charge on any atom is 0.268 e. The molecule has 1 amide bonds. The van der Waals surface area contributed by atoms with Gasteiger partial charge >= 0.3 is 0 Å². The third kappa shape index (κ3) is 4.43. The Morgan fingerprint density at radius 3 is 2.23 bits per heavy atom. The molecule has 162 valence electrons. The molecular formula is C24H27N3O3S. The maximum atomic E-state index is 12.9. The van der Waals surface area contributed by atoms with Crippen molar-refractivity contribution in [1.82, 2.24) is 14.2 Å². The van der Waals surface area contributed by atoms with Crippen molar-refractivity contribution in [3.8, 4) is 11.1 Å². The molecule has 31 heavy (non-hydrogen) atoms. The summed E-state index contributed by atoms with van der Waals surface area (Å²) in [5, 5.41) is 2.98. The molecule has 0 aliphatic carbocycles. The van der Waals surface area contributed by atoms with Gasteiger partial charge in [0.25, 0.3) is 5.91 Å². The Morgan fingerprint density at radius 2 is 1.58 bits per heavy atom. The number of benzene rings is 2. The van der Waals surface area contributed by atoms with Gasteiger partial charge in [0.05, 0.1) is 6.04 Å². The van der Waals surface area contributed by atoms with Gasteiger partial charge in [-0.2, -0.15) is 4.31 Å². The standard InChI is InChI=1S/C24H27N3O3S/c1-18(19-10-12-21(13-11-19)20-8-4-3-5-9-20)25-24(28)23-16-22(17-26(23)2)31(29,30)27-14-6-7-15-27/h3-5,8-13,16-18H,6-7,14-15H2,1-2H3,(H,25,28). The zero-order chi connectivity index (χ0) is 22.0. The maximum absolute atomic E-state index is 12.9. The first kappa shape index (κ1) is 21.3. The van der Waals surface area contributed by atoms with Gasteiger partial charge < -0.3 is 9.88 Å². The molecule has 0 bridgehead atoms. The van der Waals surface area contributed by atoms with E-state index < -0.39 is 10.0 Å². The lowest BCUT2D eigenvalue weighted by atomic mass is 10.0. The number of carbonyl (C=O) groups excluding carboxylic acids is 1. The molecule has 1 N–H and O–H groups in total. The quantitative estimate of drug-likeness (QED) is 0.634. The minimum Gasteiger partial charge on any atom is -0.345 e. The Bertz CT molecular complexity index is 1160. The number of hydrogen-bond acceptors (Lipinski definition) is 3. The monoisotopic (exact) mass is 437 g/mol. The highest BCUT2D eigenvalue weighted by Gasteiger charge is 2.29. The van der Waals surface area contributed by atoms with Gasteiger partial charge in [-0.1, -0.05) is 54.6 Å². The molecular weight excluding hydrogens is 410 g/mol. The zero-order valence-electron chi connectivity index (χ0n) is 17.8. The molecule has 1 saturated heterocycles.